The van der Waals surface area contributed by atoms with Gasteiger partial charge in [0.1, 0.15) is 0 Å². The molecular formula is C21H22N4O4S3. The first kappa shape index (κ1) is 23.9. The van der Waals surface area contributed by atoms with Crippen molar-refractivity contribution in [1.29, 1.82) is 0 Å². The third-order valence-electron chi connectivity index (χ3n) is 4.01. The number of ether oxygens (including phenoxy) is 3. The van der Waals surface area contributed by atoms with Crippen LogP contribution in [0, 0.1) is 0 Å². The lowest BCUT2D eigenvalue weighted by atomic mass is 10.2. The van der Waals surface area contributed by atoms with E-state index in [-0.39, 0.29) is 11.7 Å². The minimum atomic E-state index is -0.243. The summed E-state index contributed by atoms with van der Waals surface area (Å²) in [6.07, 6.45) is 1.51. The fourth-order valence-electron chi connectivity index (χ4n) is 2.55. The van der Waals surface area contributed by atoms with Crippen LogP contribution in [0.1, 0.15) is 11.1 Å². The molecule has 0 atom stereocenters. The fraction of sp³-hybridized carbons (Fsp3) is 0.238. The molecule has 0 saturated heterocycles. The largest absolute Gasteiger partial charge is 0.493 e. The maximum atomic E-state index is 12.1. The van der Waals surface area contributed by atoms with Crippen LogP contribution in [0.2, 0.25) is 0 Å². The fourth-order valence-corrected chi connectivity index (χ4v) is 5.32. The molecule has 3 aromatic rings. The van der Waals surface area contributed by atoms with Crippen molar-refractivity contribution in [2.24, 2.45) is 5.10 Å². The van der Waals surface area contributed by atoms with Crippen molar-refractivity contribution in [3.63, 3.8) is 0 Å². The van der Waals surface area contributed by atoms with Gasteiger partial charge in [-0.2, -0.15) is 5.10 Å². The number of hydrogen-bond acceptors (Lipinski definition) is 10. The molecule has 0 aliphatic carbocycles. The van der Waals surface area contributed by atoms with Crippen molar-refractivity contribution in [3.8, 4) is 17.2 Å². The smallest absolute Gasteiger partial charge is 0.250 e. The van der Waals surface area contributed by atoms with Gasteiger partial charge >= 0.3 is 0 Å². The average Bonchev–Trinajstić information content (AvgIpc) is 3.29. The molecular weight excluding hydrogens is 468 g/mol. The Morgan fingerprint density at radius 3 is 2.31 bits per heavy atom. The molecule has 0 radical (unpaired) electrons. The van der Waals surface area contributed by atoms with Gasteiger partial charge < -0.3 is 14.2 Å². The number of carbonyl (C=O) groups is 1. The minimum absolute atomic E-state index is 0.185. The summed E-state index contributed by atoms with van der Waals surface area (Å²) < 4.78 is 17.5. The second kappa shape index (κ2) is 12.3. The van der Waals surface area contributed by atoms with Gasteiger partial charge in [-0.3, -0.25) is 4.79 Å². The van der Waals surface area contributed by atoms with E-state index in [1.54, 1.807) is 23.9 Å². The van der Waals surface area contributed by atoms with E-state index in [9.17, 15) is 4.79 Å². The molecule has 1 aromatic heterocycles. The molecule has 0 unspecified atom stereocenters. The Bertz CT molecular complexity index is 1040. The lowest BCUT2D eigenvalue weighted by Gasteiger charge is -2.12. The molecule has 1 amide bonds. The van der Waals surface area contributed by atoms with E-state index in [0.717, 1.165) is 14.4 Å². The summed E-state index contributed by atoms with van der Waals surface area (Å²) in [7, 11) is 4.61. The second-order valence-corrected chi connectivity index (χ2v) is 9.57. The summed E-state index contributed by atoms with van der Waals surface area (Å²) in [5.41, 5.74) is 4.43. The van der Waals surface area contributed by atoms with Crippen molar-refractivity contribution < 1.29 is 19.0 Å². The van der Waals surface area contributed by atoms with Gasteiger partial charge in [-0.25, -0.2) is 5.43 Å². The second-order valence-electron chi connectivity index (χ2n) is 6.15. The Labute approximate surface area is 198 Å². The lowest BCUT2D eigenvalue weighted by Crippen LogP contribution is -2.19. The van der Waals surface area contributed by atoms with Gasteiger partial charge in [0, 0.05) is 11.3 Å². The van der Waals surface area contributed by atoms with Gasteiger partial charge in [-0.1, -0.05) is 65.2 Å². The Morgan fingerprint density at radius 1 is 1.03 bits per heavy atom. The number of nitrogens with one attached hydrogen (secondary N) is 1. The minimum Gasteiger partial charge on any atom is -0.493 e. The zero-order chi connectivity index (χ0) is 22.8. The van der Waals surface area contributed by atoms with E-state index < -0.39 is 0 Å². The molecule has 0 saturated carbocycles. The molecule has 2 aromatic carbocycles. The molecule has 3 rings (SSSR count). The maximum absolute atomic E-state index is 12.1. The number of carbonyl (C=O) groups excluding carboxylic acids is 1. The highest BCUT2D eigenvalue weighted by atomic mass is 32.2. The highest BCUT2D eigenvalue weighted by Gasteiger charge is 2.12. The first-order chi connectivity index (χ1) is 15.6. The van der Waals surface area contributed by atoms with E-state index >= 15 is 0 Å². The summed E-state index contributed by atoms with van der Waals surface area (Å²) in [6, 6.07) is 13.6. The summed E-state index contributed by atoms with van der Waals surface area (Å²) in [5, 5.41) is 12.3. The Balaban J connectivity index is 1.47. The van der Waals surface area contributed by atoms with Crippen LogP contribution in [0.15, 0.2) is 56.2 Å². The SMILES string of the molecule is COc1cc(/C=N\NC(=O)CSc2nnc(SCc3ccccc3)s2)cc(OC)c1OC. The number of rotatable bonds is 11. The van der Waals surface area contributed by atoms with Crippen molar-refractivity contribution in [3.05, 3.63) is 53.6 Å². The number of benzene rings is 2. The molecule has 0 spiro atoms. The number of hydrazone groups is 1. The van der Waals surface area contributed by atoms with E-state index in [2.05, 4.69) is 32.9 Å². The van der Waals surface area contributed by atoms with Crippen molar-refractivity contribution in [1.82, 2.24) is 15.6 Å². The molecule has 0 bridgehead atoms. The number of nitrogens with zero attached hydrogens (tertiary/aromatic N) is 3. The monoisotopic (exact) mass is 490 g/mol. The number of thioether (sulfide) groups is 2. The molecule has 0 aliphatic heterocycles. The van der Waals surface area contributed by atoms with Crippen LogP contribution in [-0.4, -0.2) is 49.4 Å². The lowest BCUT2D eigenvalue weighted by molar-refractivity contribution is -0.118. The van der Waals surface area contributed by atoms with Crippen molar-refractivity contribution in [2.45, 2.75) is 14.4 Å². The summed E-state index contributed by atoms with van der Waals surface area (Å²) in [6.45, 7) is 0. The van der Waals surface area contributed by atoms with Gasteiger partial charge in [-0.15, -0.1) is 10.2 Å². The van der Waals surface area contributed by atoms with Crippen LogP contribution in [-0.2, 0) is 10.5 Å². The predicted molar refractivity (Wildman–Crippen MR) is 128 cm³/mol. The van der Waals surface area contributed by atoms with Gasteiger partial charge in [0.2, 0.25) is 5.75 Å². The van der Waals surface area contributed by atoms with Gasteiger partial charge in [0.25, 0.3) is 5.91 Å². The topological polar surface area (TPSA) is 94.9 Å². The Hall–Kier alpha value is -2.76. The molecule has 168 valence electrons. The summed E-state index contributed by atoms with van der Waals surface area (Å²) >= 11 is 4.42. The van der Waals surface area contributed by atoms with Crippen molar-refractivity contribution in [2.75, 3.05) is 27.1 Å². The summed E-state index contributed by atoms with van der Waals surface area (Å²) in [4.78, 5) is 12.1. The quantitative estimate of drug-likeness (QED) is 0.244. The molecule has 32 heavy (non-hydrogen) atoms. The maximum Gasteiger partial charge on any atom is 0.250 e. The van der Waals surface area contributed by atoms with Crippen LogP contribution in [0.25, 0.3) is 0 Å². The van der Waals surface area contributed by atoms with E-state index in [1.807, 2.05) is 18.2 Å². The number of methoxy groups -OCH3 is 3. The van der Waals surface area contributed by atoms with E-state index in [0.29, 0.717) is 22.8 Å². The highest BCUT2D eigenvalue weighted by Crippen LogP contribution is 2.37. The predicted octanol–water partition coefficient (Wildman–Crippen LogP) is 4.10. The molecule has 0 fully saturated rings. The third-order valence-corrected chi connectivity index (χ3v) is 7.27. The van der Waals surface area contributed by atoms with Gasteiger partial charge in [-0.05, 0) is 17.7 Å². The first-order valence-corrected chi connectivity index (χ1v) is 12.2. The number of amides is 1. The normalized spacial score (nSPS) is 10.8. The first-order valence-electron chi connectivity index (χ1n) is 9.38. The van der Waals surface area contributed by atoms with Crippen molar-refractivity contribution >= 4 is 47.0 Å². The molecule has 11 heteroatoms. The molecule has 0 aliphatic rings. The zero-order valence-electron chi connectivity index (χ0n) is 17.7. The highest BCUT2D eigenvalue weighted by molar-refractivity contribution is 8.03. The van der Waals surface area contributed by atoms with E-state index in [1.165, 1.54) is 56.2 Å². The zero-order valence-corrected chi connectivity index (χ0v) is 20.2. The van der Waals surface area contributed by atoms with Crippen LogP contribution >= 0.6 is 34.9 Å². The molecule has 8 nitrogen and oxygen atoms in total. The van der Waals surface area contributed by atoms with Crippen LogP contribution in [0.4, 0.5) is 0 Å². The van der Waals surface area contributed by atoms with Gasteiger partial charge in [0.15, 0.2) is 20.2 Å². The van der Waals surface area contributed by atoms with Crippen LogP contribution < -0.4 is 19.6 Å². The molecule has 1 N–H and O–H groups in total. The van der Waals surface area contributed by atoms with Crippen LogP contribution in [0.3, 0.4) is 0 Å². The van der Waals surface area contributed by atoms with E-state index in [4.69, 9.17) is 14.2 Å². The third kappa shape index (κ3) is 6.87. The average molecular weight is 491 g/mol. The molecule has 1 heterocycles. The standard InChI is InChI=1S/C21H22N4O4S3/c1-27-16-9-15(10-17(28-2)19(16)29-3)11-22-23-18(26)13-31-21-25-24-20(32-21)30-12-14-7-5-4-6-8-14/h4-11H,12-13H2,1-3H3,(H,23,26)/b22-11-. The Kier molecular flexibility index (Phi) is 9.20. The van der Waals surface area contributed by atoms with Gasteiger partial charge in [0.05, 0.1) is 33.3 Å². The van der Waals surface area contributed by atoms with Crippen LogP contribution in [0.5, 0.6) is 17.2 Å². The number of hydrogen-bond donors (Lipinski definition) is 1. The summed E-state index contributed by atoms with van der Waals surface area (Å²) in [5.74, 6) is 2.28. The Morgan fingerprint density at radius 2 is 1.69 bits per heavy atom. The number of aromatic nitrogens is 2.